The van der Waals surface area contributed by atoms with Gasteiger partial charge in [-0.25, -0.2) is 9.97 Å². The number of anilines is 1. The lowest BCUT2D eigenvalue weighted by atomic mass is 9.88. The summed E-state index contributed by atoms with van der Waals surface area (Å²) in [5, 5.41) is 4.56. The van der Waals surface area contributed by atoms with Gasteiger partial charge in [0.25, 0.3) is 0 Å². The number of imidazole rings is 1. The fraction of sp³-hybridized carbons (Fsp3) is 0.250. The molecule has 1 unspecified atom stereocenters. The fourth-order valence-corrected chi connectivity index (χ4v) is 4.81. The Hall–Kier alpha value is -2.57. The van der Waals surface area contributed by atoms with Gasteiger partial charge in [-0.05, 0) is 30.4 Å². The van der Waals surface area contributed by atoms with Gasteiger partial charge in [0.2, 0.25) is 5.91 Å². The predicted molar refractivity (Wildman–Crippen MR) is 110 cm³/mol. The highest BCUT2D eigenvalue weighted by molar-refractivity contribution is 6.34. The molecule has 1 amide bonds. The number of fused-ring (bicyclic) bond motifs is 3. The van der Waals surface area contributed by atoms with Crippen LogP contribution in [0, 0.1) is 17.8 Å². The summed E-state index contributed by atoms with van der Waals surface area (Å²) >= 11 is 12.6. The lowest BCUT2D eigenvalue weighted by molar-refractivity contribution is -0.122. The number of primary amides is 1. The minimum atomic E-state index is -0.292. The largest absolute Gasteiger partial charge is 0.378 e. The number of aromatic nitrogens is 3. The van der Waals surface area contributed by atoms with Gasteiger partial charge < -0.3 is 16.0 Å². The lowest BCUT2D eigenvalue weighted by Crippen LogP contribution is -2.41. The normalized spacial score (nSPS) is 25.5. The number of H-pyrrole nitrogens is 1. The molecule has 4 atom stereocenters. The smallest absolute Gasteiger partial charge is 0.223 e. The van der Waals surface area contributed by atoms with Crippen LogP contribution in [0.3, 0.4) is 0 Å². The van der Waals surface area contributed by atoms with Crippen molar-refractivity contribution >= 4 is 46.0 Å². The first kappa shape index (κ1) is 17.5. The van der Waals surface area contributed by atoms with Gasteiger partial charge in [-0.1, -0.05) is 47.5 Å². The molecule has 0 spiro atoms. The number of pyridine rings is 1. The Kier molecular flexibility index (Phi) is 4.07. The maximum Gasteiger partial charge on any atom is 0.223 e. The van der Waals surface area contributed by atoms with E-state index in [0.29, 0.717) is 32.7 Å². The summed E-state index contributed by atoms with van der Waals surface area (Å²) in [6.07, 6.45) is 6.74. The number of aromatic amines is 1. The molecule has 6 nitrogen and oxygen atoms in total. The van der Waals surface area contributed by atoms with Crippen LogP contribution in [-0.2, 0) is 4.79 Å². The molecular weight excluding hydrogens is 397 g/mol. The minimum Gasteiger partial charge on any atom is -0.378 e. The molecule has 2 aliphatic carbocycles. The van der Waals surface area contributed by atoms with E-state index in [1.165, 1.54) is 0 Å². The molecule has 142 valence electrons. The molecule has 0 aliphatic heterocycles. The molecule has 8 heteroatoms. The van der Waals surface area contributed by atoms with E-state index >= 15 is 0 Å². The number of rotatable bonds is 4. The fourth-order valence-electron chi connectivity index (χ4n) is 4.42. The van der Waals surface area contributed by atoms with E-state index in [1.807, 2.05) is 24.3 Å². The van der Waals surface area contributed by atoms with E-state index in [0.717, 1.165) is 12.0 Å². The zero-order valence-electron chi connectivity index (χ0n) is 14.7. The third kappa shape index (κ3) is 2.75. The molecule has 2 bridgehead atoms. The van der Waals surface area contributed by atoms with Crippen LogP contribution in [0.25, 0.3) is 22.6 Å². The standard InChI is InChI=1S/C20H17Cl2N5O/c21-12-3-1-2-11(7-12)19-26-17-16(13(22)8-24-20(17)27-19)25-15-10-5-4-9(6-10)14(15)18(23)28/h1-5,7-10,14-15H,6H2,(H2,23,28)(H2,24,25,26,27)/t9-,10+,14+,15?/m1/s1. The number of hydrogen-bond donors (Lipinski definition) is 3. The molecule has 2 heterocycles. The van der Waals surface area contributed by atoms with Gasteiger partial charge in [-0.15, -0.1) is 0 Å². The SMILES string of the molecule is NC(=O)[C@@H]1C(Nc2c(Cl)cnc3nc(-c4cccc(Cl)c4)[nH]c23)[C@H]2C=C[C@@H]1C2. The highest BCUT2D eigenvalue weighted by Gasteiger charge is 2.47. The predicted octanol–water partition coefficient (Wildman–Crippen LogP) is 4.02. The highest BCUT2D eigenvalue weighted by Crippen LogP contribution is 2.46. The summed E-state index contributed by atoms with van der Waals surface area (Å²) in [5.41, 5.74) is 8.45. The molecule has 2 aromatic heterocycles. The van der Waals surface area contributed by atoms with E-state index in [2.05, 4.69) is 32.4 Å². The Morgan fingerprint density at radius 3 is 2.86 bits per heavy atom. The Morgan fingerprint density at radius 2 is 2.07 bits per heavy atom. The van der Waals surface area contributed by atoms with Crippen LogP contribution in [0.4, 0.5) is 5.69 Å². The minimum absolute atomic E-state index is 0.103. The second-order valence-corrected chi connectivity index (χ2v) is 8.17. The van der Waals surface area contributed by atoms with E-state index in [9.17, 15) is 4.79 Å². The molecule has 3 aromatic rings. The molecule has 0 saturated heterocycles. The Bertz CT molecular complexity index is 1120. The maximum absolute atomic E-state index is 12.0. The molecule has 1 fully saturated rings. The average molecular weight is 414 g/mol. The number of nitrogens with zero attached hydrogens (tertiary/aromatic N) is 2. The molecule has 1 aromatic carbocycles. The average Bonchev–Trinajstić information content (AvgIpc) is 3.38. The third-order valence-electron chi connectivity index (χ3n) is 5.67. The van der Waals surface area contributed by atoms with Crippen LogP contribution in [0.15, 0.2) is 42.6 Å². The molecular formula is C20H17Cl2N5O. The number of hydrogen-bond acceptors (Lipinski definition) is 4. The van der Waals surface area contributed by atoms with Crippen molar-refractivity contribution in [2.24, 2.45) is 23.5 Å². The summed E-state index contributed by atoms with van der Waals surface area (Å²) in [6, 6.07) is 7.32. The van der Waals surface area contributed by atoms with Crippen LogP contribution < -0.4 is 11.1 Å². The van der Waals surface area contributed by atoms with Crippen molar-refractivity contribution in [3.8, 4) is 11.4 Å². The number of carbonyl (C=O) groups excluding carboxylic acids is 1. The number of amides is 1. The van der Waals surface area contributed by atoms with Crippen LogP contribution in [0.2, 0.25) is 10.0 Å². The molecule has 28 heavy (non-hydrogen) atoms. The van der Waals surface area contributed by atoms with Crippen LogP contribution in [0.1, 0.15) is 6.42 Å². The van der Waals surface area contributed by atoms with Gasteiger partial charge in [0, 0.05) is 16.6 Å². The van der Waals surface area contributed by atoms with Crippen molar-refractivity contribution in [2.75, 3.05) is 5.32 Å². The quantitative estimate of drug-likeness (QED) is 0.562. The lowest BCUT2D eigenvalue weighted by Gasteiger charge is -2.28. The van der Waals surface area contributed by atoms with Gasteiger partial charge in [-0.3, -0.25) is 4.79 Å². The highest BCUT2D eigenvalue weighted by atomic mass is 35.5. The van der Waals surface area contributed by atoms with E-state index in [1.54, 1.807) is 6.20 Å². The first-order valence-corrected chi connectivity index (χ1v) is 9.81. The second-order valence-electron chi connectivity index (χ2n) is 7.32. The van der Waals surface area contributed by atoms with Gasteiger partial charge in [0.1, 0.15) is 11.3 Å². The zero-order valence-corrected chi connectivity index (χ0v) is 16.2. The topological polar surface area (TPSA) is 96.7 Å². The Labute approximate surface area is 171 Å². The summed E-state index contributed by atoms with van der Waals surface area (Å²) in [5.74, 6) is 0.524. The van der Waals surface area contributed by atoms with Gasteiger partial charge in [0.05, 0.1) is 22.8 Å². The van der Waals surface area contributed by atoms with E-state index < -0.39 is 0 Å². The number of halogens is 2. The molecule has 2 aliphatic rings. The summed E-state index contributed by atoms with van der Waals surface area (Å²) in [6.45, 7) is 0. The summed E-state index contributed by atoms with van der Waals surface area (Å²) in [7, 11) is 0. The van der Waals surface area contributed by atoms with Crippen LogP contribution in [-0.4, -0.2) is 26.9 Å². The number of allylic oxidation sites excluding steroid dienone is 1. The van der Waals surface area contributed by atoms with Crippen molar-refractivity contribution in [3.05, 3.63) is 52.7 Å². The van der Waals surface area contributed by atoms with Gasteiger partial charge >= 0.3 is 0 Å². The van der Waals surface area contributed by atoms with Crippen LogP contribution >= 0.6 is 23.2 Å². The number of nitrogens with one attached hydrogen (secondary N) is 2. The third-order valence-corrected chi connectivity index (χ3v) is 6.19. The number of nitrogens with two attached hydrogens (primary N) is 1. The van der Waals surface area contributed by atoms with E-state index in [4.69, 9.17) is 28.9 Å². The van der Waals surface area contributed by atoms with Gasteiger partial charge in [0.15, 0.2) is 5.65 Å². The van der Waals surface area contributed by atoms with Crippen molar-refractivity contribution < 1.29 is 4.79 Å². The first-order valence-electron chi connectivity index (χ1n) is 9.05. The first-order chi connectivity index (χ1) is 13.5. The van der Waals surface area contributed by atoms with Crippen molar-refractivity contribution in [3.63, 3.8) is 0 Å². The second kappa shape index (κ2) is 6.50. The summed E-state index contributed by atoms with van der Waals surface area (Å²) in [4.78, 5) is 24.2. The molecule has 5 rings (SSSR count). The van der Waals surface area contributed by atoms with Crippen LogP contribution in [0.5, 0.6) is 0 Å². The maximum atomic E-state index is 12.0. The number of benzene rings is 1. The molecule has 0 radical (unpaired) electrons. The zero-order chi connectivity index (χ0) is 19.4. The van der Waals surface area contributed by atoms with E-state index in [-0.39, 0.29) is 29.7 Å². The Balaban J connectivity index is 1.57. The molecule has 1 saturated carbocycles. The molecule has 4 N–H and O–H groups in total. The monoisotopic (exact) mass is 413 g/mol. The summed E-state index contributed by atoms with van der Waals surface area (Å²) < 4.78 is 0. The van der Waals surface area contributed by atoms with Gasteiger partial charge in [-0.2, -0.15) is 0 Å². The van der Waals surface area contributed by atoms with Crippen molar-refractivity contribution in [2.45, 2.75) is 12.5 Å². The number of carbonyl (C=O) groups is 1. The van der Waals surface area contributed by atoms with Crippen molar-refractivity contribution in [1.82, 2.24) is 15.0 Å². The van der Waals surface area contributed by atoms with Crippen molar-refractivity contribution in [1.29, 1.82) is 0 Å². The Morgan fingerprint density at radius 1 is 1.25 bits per heavy atom.